The third kappa shape index (κ3) is 2.92. The van der Waals surface area contributed by atoms with E-state index in [1.54, 1.807) is 0 Å². The van der Waals surface area contributed by atoms with Gasteiger partial charge in [-0.15, -0.1) is 5.10 Å². The molecular formula is C16H23N5O2S. The van der Waals surface area contributed by atoms with Gasteiger partial charge in [-0.05, 0) is 43.1 Å². The molecule has 1 aromatic rings. The van der Waals surface area contributed by atoms with Gasteiger partial charge in [-0.1, -0.05) is 18.1 Å². The first kappa shape index (κ1) is 15.9. The molecule has 1 aliphatic carbocycles. The molecule has 4 rings (SSSR count). The molecule has 0 aromatic carbocycles. The van der Waals surface area contributed by atoms with Crippen molar-refractivity contribution in [2.45, 2.75) is 57.2 Å². The molecule has 0 unspecified atom stereocenters. The molecule has 2 saturated heterocycles. The molecule has 130 valence electrons. The normalized spacial score (nSPS) is 24.1. The Bertz CT molecular complexity index is 634. The summed E-state index contributed by atoms with van der Waals surface area (Å²) in [5, 5.41) is 11.3. The van der Waals surface area contributed by atoms with Gasteiger partial charge in [-0.2, -0.15) is 11.8 Å². The second-order valence-electron chi connectivity index (χ2n) is 7.10. The van der Waals surface area contributed by atoms with Crippen LogP contribution in [0.4, 0.5) is 4.79 Å². The number of amides is 3. The molecule has 7 nitrogen and oxygen atoms in total. The highest BCUT2D eigenvalue weighted by Gasteiger charge is 2.51. The van der Waals surface area contributed by atoms with Gasteiger partial charge in [0.15, 0.2) is 0 Å². The van der Waals surface area contributed by atoms with E-state index in [9.17, 15) is 9.59 Å². The number of hydrogen-bond acceptors (Lipinski definition) is 5. The number of thioether (sulfide) groups is 1. The number of carbonyl (C=O) groups is 2. The Morgan fingerprint density at radius 2 is 2.00 bits per heavy atom. The van der Waals surface area contributed by atoms with Crippen LogP contribution in [0.2, 0.25) is 0 Å². The van der Waals surface area contributed by atoms with Crippen LogP contribution in [0.15, 0.2) is 6.20 Å². The summed E-state index contributed by atoms with van der Waals surface area (Å²) >= 11 is 1.83. The van der Waals surface area contributed by atoms with Crippen molar-refractivity contribution in [3.8, 4) is 0 Å². The van der Waals surface area contributed by atoms with Crippen LogP contribution in [0.3, 0.4) is 0 Å². The summed E-state index contributed by atoms with van der Waals surface area (Å²) in [5.41, 5.74) is 0.000983. The van der Waals surface area contributed by atoms with E-state index in [4.69, 9.17) is 0 Å². The maximum Gasteiger partial charge on any atom is 0.325 e. The van der Waals surface area contributed by atoms with Crippen molar-refractivity contribution >= 4 is 23.7 Å². The minimum atomic E-state index is -0.678. The number of hydrogen-bond donors (Lipinski definition) is 1. The predicted octanol–water partition coefficient (Wildman–Crippen LogP) is 1.79. The van der Waals surface area contributed by atoms with Crippen molar-refractivity contribution in [3.05, 3.63) is 11.9 Å². The van der Waals surface area contributed by atoms with E-state index in [0.717, 1.165) is 18.1 Å². The van der Waals surface area contributed by atoms with Crippen molar-refractivity contribution in [2.75, 3.05) is 11.5 Å². The molecular weight excluding hydrogens is 326 g/mol. The first-order valence-electron chi connectivity index (χ1n) is 8.77. The number of carbonyl (C=O) groups excluding carboxylic acids is 2. The molecule has 0 atom stereocenters. The van der Waals surface area contributed by atoms with Crippen LogP contribution in [-0.4, -0.2) is 48.9 Å². The predicted molar refractivity (Wildman–Crippen MR) is 90.4 cm³/mol. The van der Waals surface area contributed by atoms with E-state index in [1.165, 1.54) is 30.6 Å². The Labute approximate surface area is 145 Å². The fourth-order valence-electron chi connectivity index (χ4n) is 4.00. The summed E-state index contributed by atoms with van der Waals surface area (Å²) in [5.74, 6) is 2.41. The SMILES string of the molecule is O=C1NC2(CCSCC2)C(=O)N1Cc1cn(CC2CCCC2)nn1. The molecule has 3 fully saturated rings. The van der Waals surface area contributed by atoms with Gasteiger partial charge in [-0.25, -0.2) is 4.79 Å². The average Bonchev–Trinajstić information content (AvgIpc) is 3.29. The van der Waals surface area contributed by atoms with E-state index in [0.29, 0.717) is 24.5 Å². The van der Waals surface area contributed by atoms with Gasteiger partial charge in [0.05, 0.1) is 12.7 Å². The largest absolute Gasteiger partial charge is 0.325 e. The maximum absolute atomic E-state index is 12.8. The monoisotopic (exact) mass is 349 g/mol. The topological polar surface area (TPSA) is 80.1 Å². The lowest BCUT2D eigenvalue weighted by Crippen LogP contribution is -2.49. The zero-order chi connectivity index (χ0) is 16.6. The Hall–Kier alpha value is -1.57. The number of rotatable bonds is 4. The zero-order valence-electron chi connectivity index (χ0n) is 13.7. The van der Waals surface area contributed by atoms with E-state index >= 15 is 0 Å². The first-order valence-corrected chi connectivity index (χ1v) is 9.93. The molecule has 1 spiro atoms. The van der Waals surface area contributed by atoms with Gasteiger partial charge in [0.2, 0.25) is 0 Å². The fraction of sp³-hybridized carbons (Fsp3) is 0.750. The number of urea groups is 1. The van der Waals surface area contributed by atoms with Crippen molar-refractivity contribution in [1.29, 1.82) is 0 Å². The molecule has 3 aliphatic rings. The molecule has 8 heteroatoms. The van der Waals surface area contributed by atoms with Crippen molar-refractivity contribution < 1.29 is 9.59 Å². The smallest absolute Gasteiger partial charge is 0.323 e. The molecule has 1 aromatic heterocycles. The van der Waals surface area contributed by atoms with Gasteiger partial charge in [0.1, 0.15) is 11.2 Å². The van der Waals surface area contributed by atoms with Crippen LogP contribution in [0.1, 0.15) is 44.2 Å². The van der Waals surface area contributed by atoms with Crippen LogP contribution in [0.25, 0.3) is 0 Å². The van der Waals surface area contributed by atoms with Gasteiger partial charge < -0.3 is 5.32 Å². The van der Waals surface area contributed by atoms with Crippen molar-refractivity contribution in [2.24, 2.45) is 5.92 Å². The highest BCUT2D eigenvalue weighted by molar-refractivity contribution is 7.99. The van der Waals surface area contributed by atoms with E-state index < -0.39 is 5.54 Å². The van der Waals surface area contributed by atoms with Crippen LogP contribution < -0.4 is 5.32 Å². The summed E-state index contributed by atoms with van der Waals surface area (Å²) in [6, 6.07) is -0.294. The van der Waals surface area contributed by atoms with Gasteiger partial charge in [-0.3, -0.25) is 14.4 Å². The lowest BCUT2D eigenvalue weighted by Gasteiger charge is -2.30. The zero-order valence-corrected chi connectivity index (χ0v) is 14.6. The lowest BCUT2D eigenvalue weighted by atomic mass is 9.92. The number of aromatic nitrogens is 3. The maximum atomic E-state index is 12.8. The first-order chi connectivity index (χ1) is 11.7. The van der Waals surface area contributed by atoms with E-state index in [-0.39, 0.29) is 18.5 Å². The molecule has 24 heavy (non-hydrogen) atoms. The van der Waals surface area contributed by atoms with Crippen LogP contribution in [0.5, 0.6) is 0 Å². The van der Waals surface area contributed by atoms with Crippen LogP contribution in [0, 0.1) is 5.92 Å². The summed E-state index contributed by atoms with van der Waals surface area (Å²) < 4.78 is 1.86. The standard InChI is InChI=1S/C16H23N5O2S/c22-14-16(5-7-24-8-6-16)17-15(23)21(14)11-13-10-20(19-18-13)9-12-3-1-2-4-12/h10,12H,1-9,11H2,(H,17,23). The number of nitrogens with zero attached hydrogens (tertiary/aromatic N) is 4. The Morgan fingerprint density at radius 3 is 2.75 bits per heavy atom. The molecule has 1 saturated carbocycles. The van der Waals surface area contributed by atoms with Crippen molar-refractivity contribution in [3.63, 3.8) is 0 Å². The Morgan fingerprint density at radius 1 is 1.25 bits per heavy atom. The van der Waals surface area contributed by atoms with Gasteiger partial charge >= 0.3 is 6.03 Å². The van der Waals surface area contributed by atoms with Crippen molar-refractivity contribution in [1.82, 2.24) is 25.2 Å². The van der Waals surface area contributed by atoms with Crippen LogP contribution in [-0.2, 0) is 17.9 Å². The summed E-state index contributed by atoms with van der Waals surface area (Å²) in [6.07, 6.45) is 8.41. The number of nitrogens with one attached hydrogen (secondary N) is 1. The third-order valence-electron chi connectivity index (χ3n) is 5.42. The highest BCUT2D eigenvalue weighted by Crippen LogP contribution is 2.33. The molecule has 0 bridgehead atoms. The molecule has 3 heterocycles. The van der Waals surface area contributed by atoms with E-state index in [2.05, 4.69) is 15.6 Å². The van der Waals surface area contributed by atoms with Gasteiger partial charge in [0, 0.05) is 6.54 Å². The Kier molecular flexibility index (Phi) is 4.24. The highest BCUT2D eigenvalue weighted by atomic mass is 32.2. The second kappa shape index (κ2) is 6.38. The summed E-state index contributed by atoms with van der Waals surface area (Å²) in [6.45, 7) is 1.10. The second-order valence-corrected chi connectivity index (χ2v) is 8.32. The van der Waals surface area contributed by atoms with Gasteiger partial charge in [0.25, 0.3) is 5.91 Å². The summed E-state index contributed by atoms with van der Waals surface area (Å²) in [7, 11) is 0. The molecule has 2 aliphatic heterocycles. The average molecular weight is 349 g/mol. The molecule has 1 N–H and O–H groups in total. The third-order valence-corrected chi connectivity index (χ3v) is 6.40. The van der Waals surface area contributed by atoms with E-state index in [1.807, 2.05) is 22.6 Å². The lowest BCUT2D eigenvalue weighted by molar-refractivity contribution is -0.132. The quantitative estimate of drug-likeness (QED) is 0.838. The minimum Gasteiger partial charge on any atom is -0.323 e. The molecule has 0 radical (unpaired) electrons. The summed E-state index contributed by atoms with van der Waals surface area (Å²) in [4.78, 5) is 26.3. The molecule has 3 amide bonds. The number of imide groups is 1. The van der Waals surface area contributed by atoms with Crippen LogP contribution >= 0.6 is 11.8 Å². The fourth-order valence-corrected chi connectivity index (χ4v) is 5.19. The Balaban J connectivity index is 1.42. The minimum absolute atomic E-state index is 0.0989.